The molecule has 5 nitrogen and oxygen atoms in total. The number of ether oxygens (including phenoxy) is 1. The largest absolute Gasteiger partial charge is 0.452 e. The number of benzene rings is 1. The van der Waals surface area contributed by atoms with Gasteiger partial charge in [0.05, 0.1) is 11.1 Å². The molecule has 0 spiro atoms. The van der Waals surface area contributed by atoms with Crippen molar-refractivity contribution in [1.29, 1.82) is 0 Å². The Hall–Kier alpha value is -2.43. The molecule has 2 aliphatic rings. The lowest BCUT2D eigenvalue weighted by molar-refractivity contribution is -0.138. The Morgan fingerprint density at radius 2 is 2.03 bits per heavy atom. The lowest BCUT2D eigenvalue weighted by atomic mass is 9.84. The summed E-state index contributed by atoms with van der Waals surface area (Å²) in [5, 5.41) is 0.821. The van der Waals surface area contributed by atoms with Gasteiger partial charge in [-0.1, -0.05) is 32.0 Å². The lowest BCUT2D eigenvalue weighted by Crippen LogP contribution is -2.45. The van der Waals surface area contributed by atoms with E-state index in [4.69, 9.17) is 9.72 Å². The Morgan fingerprint density at radius 1 is 1.21 bits per heavy atom. The first-order valence-electron chi connectivity index (χ1n) is 11.0. The van der Waals surface area contributed by atoms with E-state index in [1.54, 1.807) is 0 Å². The summed E-state index contributed by atoms with van der Waals surface area (Å²) >= 11 is 0. The van der Waals surface area contributed by atoms with Gasteiger partial charge in [-0.2, -0.15) is 0 Å². The monoisotopic (exact) mass is 394 g/mol. The van der Waals surface area contributed by atoms with Gasteiger partial charge in [-0.05, 0) is 62.5 Å². The molecule has 1 aliphatic carbocycles. The Labute approximate surface area is 172 Å². The third-order valence-corrected chi connectivity index (χ3v) is 6.46. The van der Waals surface area contributed by atoms with Gasteiger partial charge in [0.15, 0.2) is 6.61 Å². The summed E-state index contributed by atoms with van der Waals surface area (Å²) in [5.74, 6) is 0.0372. The second-order valence-corrected chi connectivity index (χ2v) is 8.50. The van der Waals surface area contributed by atoms with Gasteiger partial charge in [-0.25, -0.2) is 4.79 Å². The van der Waals surface area contributed by atoms with Crippen molar-refractivity contribution in [2.75, 3.05) is 13.2 Å². The van der Waals surface area contributed by atoms with Crippen LogP contribution in [0.4, 0.5) is 0 Å². The summed E-state index contributed by atoms with van der Waals surface area (Å²) in [6, 6.07) is 8.00. The van der Waals surface area contributed by atoms with Gasteiger partial charge in [0, 0.05) is 23.7 Å². The van der Waals surface area contributed by atoms with Crippen LogP contribution in [0.2, 0.25) is 0 Å². The predicted molar refractivity (Wildman–Crippen MR) is 113 cm³/mol. The summed E-state index contributed by atoms with van der Waals surface area (Å²) in [5.41, 5.74) is 3.43. The molecule has 2 aromatic rings. The molecule has 1 amide bonds. The number of carbonyl (C=O) groups is 2. The molecule has 0 saturated carbocycles. The second-order valence-electron chi connectivity index (χ2n) is 8.50. The molecule has 2 heterocycles. The minimum atomic E-state index is -0.396. The van der Waals surface area contributed by atoms with Crippen molar-refractivity contribution in [3.8, 4) is 0 Å². The smallest absolute Gasteiger partial charge is 0.339 e. The first-order valence-corrected chi connectivity index (χ1v) is 11.0. The maximum absolute atomic E-state index is 13.2. The molecule has 154 valence electrons. The molecule has 2 atom stereocenters. The van der Waals surface area contributed by atoms with E-state index in [1.165, 1.54) is 0 Å². The number of fused-ring (bicyclic) bond motifs is 2. The third kappa shape index (κ3) is 4.00. The molecule has 0 radical (unpaired) electrons. The van der Waals surface area contributed by atoms with E-state index >= 15 is 0 Å². The minimum Gasteiger partial charge on any atom is -0.452 e. The summed E-state index contributed by atoms with van der Waals surface area (Å²) < 4.78 is 5.59. The molecule has 0 N–H and O–H groups in total. The molecule has 0 unspecified atom stereocenters. The predicted octanol–water partition coefficient (Wildman–Crippen LogP) is 4.31. The van der Waals surface area contributed by atoms with Gasteiger partial charge < -0.3 is 9.64 Å². The SMILES string of the molecule is CC[C@@H]1CCCCN1C(=O)COC(=O)c1c2c(nc3ccccc13)CC[C@@H](C)C2. The highest BCUT2D eigenvalue weighted by Crippen LogP contribution is 2.32. The summed E-state index contributed by atoms with van der Waals surface area (Å²) in [6.07, 6.45) is 6.96. The summed E-state index contributed by atoms with van der Waals surface area (Å²) in [7, 11) is 0. The highest BCUT2D eigenvalue weighted by atomic mass is 16.5. The van der Waals surface area contributed by atoms with E-state index in [0.717, 1.165) is 73.7 Å². The number of likely N-dealkylation sites (tertiary alicyclic amines) is 1. The molecular weight excluding hydrogens is 364 g/mol. The van der Waals surface area contributed by atoms with Crippen molar-refractivity contribution in [2.24, 2.45) is 5.92 Å². The van der Waals surface area contributed by atoms with Gasteiger partial charge in [-0.15, -0.1) is 0 Å². The van der Waals surface area contributed by atoms with Crippen LogP contribution in [0.3, 0.4) is 0 Å². The number of amides is 1. The second kappa shape index (κ2) is 8.52. The van der Waals surface area contributed by atoms with E-state index in [-0.39, 0.29) is 18.6 Å². The van der Waals surface area contributed by atoms with Crippen LogP contribution in [0.5, 0.6) is 0 Å². The van der Waals surface area contributed by atoms with Gasteiger partial charge in [0.1, 0.15) is 0 Å². The van der Waals surface area contributed by atoms with E-state index in [9.17, 15) is 9.59 Å². The molecule has 29 heavy (non-hydrogen) atoms. The zero-order valence-electron chi connectivity index (χ0n) is 17.4. The Bertz CT molecular complexity index is 924. The number of pyridine rings is 1. The number of hydrogen-bond donors (Lipinski definition) is 0. The van der Waals surface area contributed by atoms with E-state index in [2.05, 4.69) is 13.8 Å². The van der Waals surface area contributed by atoms with Crippen LogP contribution < -0.4 is 0 Å². The fourth-order valence-electron chi connectivity index (χ4n) is 4.83. The van der Waals surface area contributed by atoms with Crippen LogP contribution in [0.1, 0.15) is 67.6 Å². The highest BCUT2D eigenvalue weighted by molar-refractivity contribution is 6.05. The van der Waals surface area contributed by atoms with Gasteiger partial charge in [0.25, 0.3) is 5.91 Å². The lowest BCUT2D eigenvalue weighted by Gasteiger charge is -2.35. The number of esters is 1. The maximum Gasteiger partial charge on any atom is 0.339 e. The maximum atomic E-state index is 13.2. The van der Waals surface area contributed by atoms with E-state index < -0.39 is 5.97 Å². The normalized spacial score (nSPS) is 21.7. The number of aromatic nitrogens is 1. The van der Waals surface area contributed by atoms with Crippen molar-refractivity contribution >= 4 is 22.8 Å². The van der Waals surface area contributed by atoms with Crippen molar-refractivity contribution in [3.63, 3.8) is 0 Å². The zero-order chi connectivity index (χ0) is 20.4. The average Bonchev–Trinajstić information content (AvgIpc) is 2.75. The van der Waals surface area contributed by atoms with Crippen LogP contribution >= 0.6 is 0 Å². The van der Waals surface area contributed by atoms with Crippen LogP contribution in [-0.4, -0.2) is 41.0 Å². The van der Waals surface area contributed by atoms with Crippen molar-refractivity contribution in [3.05, 3.63) is 41.1 Å². The topological polar surface area (TPSA) is 59.5 Å². The Balaban J connectivity index is 1.58. The van der Waals surface area contributed by atoms with Crippen LogP contribution in [0.25, 0.3) is 10.9 Å². The molecule has 1 fully saturated rings. The van der Waals surface area contributed by atoms with Crippen molar-refractivity contribution < 1.29 is 14.3 Å². The highest BCUT2D eigenvalue weighted by Gasteiger charge is 2.29. The summed E-state index contributed by atoms with van der Waals surface area (Å²) in [6.45, 7) is 4.90. The number of piperidine rings is 1. The number of carbonyl (C=O) groups excluding carboxylic acids is 2. The number of hydrogen-bond acceptors (Lipinski definition) is 4. The standard InChI is InChI=1S/C24H30N2O3/c1-3-17-8-6-7-13-26(17)22(27)15-29-24(28)23-18-9-4-5-10-20(18)25-21-12-11-16(2)14-19(21)23/h4-5,9-10,16-17H,3,6-8,11-15H2,1-2H3/t16-,17-/m1/s1. The minimum absolute atomic E-state index is 0.0782. The zero-order valence-corrected chi connectivity index (χ0v) is 17.4. The molecule has 1 aromatic carbocycles. The van der Waals surface area contributed by atoms with Gasteiger partial charge in [0.2, 0.25) is 0 Å². The fraction of sp³-hybridized carbons (Fsp3) is 0.542. The Morgan fingerprint density at radius 3 is 2.86 bits per heavy atom. The first kappa shape index (κ1) is 19.9. The molecule has 1 aliphatic heterocycles. The number of nitrogens with zero attached hydrogens (tertiary/aromatic N) is 2. The molecule has 4 rings (SSSR count). The number of rotatable bonds is 4. The number of aryl methyl sites for hydroxylation is 1. The molecule has 5 heteroatoms. The quantitative estimate of drug-likeness (QED) is 0.725. The molecule has 0 bridgehead atoms. The van der Waals surface area contributed by atoms with E-state index in [1.807, 2.05) is 29.2 Å². The van der Waals surface area contributed by atoms with Crippen LogP contribution in [0.15, 0.2) is 24.3 Å². The van der Waals surface area contributed by atoms with Crippen LogP contribution in [0, 0.1) is 5.92 Å². The molecular formula is C24H30N2O3. The Kier molecular flexibility index (Phi) is 5.84. The first-order chi connectivity index (χ1) is 14.1. The molecule has 1 aromatic heterocycles. The van der Waals surface area contributed by atoms with Gasteiger partial charge in [-0.3, -0.25) is 9.78 Å². The van der Waals surface area contributed by atoms with Crippen molar-refractivity contribution in [2.45, 2.75) is 64.8 Å². The molecule has 1 saturated heterocycles. The van der Waals surface area contributed by atoms with Crippen molar-refractivity contribution in [1.82, 2.24) is 9.88 Å². The average molecular weight is 395 g/mol. The third-order valence-electron chi connectivity index (χ3n) is 6.46. The summed E-state index contributed by atoms with van der Waals surface area (Å²) in [4.78, 5) is 32.6. The van der Waals surface area contributed by atoms with Gasteiger partial charge >= 0.3 is 5.97 Å². The van der Waals surface area contributed by atoms with E-state index in [0.29, 0.717) is 11.5 Å². The number of para-hydroxylation sites is 1. The van der Waals surface area contributed by atoms with Crippen LogP contribution in [-0.2, 0) is 22.4 Å². The fourth-order valence-corrected chi connectivity index (χ4v) is 4.83.